The van der Waals surface area contributed by atoms with Gasteiger partial charge in [0.1, 0.15) is 5.69 Å². The second-order valence-corrected chi connectivity index (χ2v) is 7.26. The molecule has 0 fully saturated rings. The van der Waals surface area contributed by atoms with Crippen molar-refractivity contribution in [1.29, 1.82) is 0 Å². The van der Waals surface area contributed by atoms with Gasteiger partial charge in [-0.1, -0.05) is 6.07 Å². The third-order valence-corrected chi connectivity index (χ3v) is 5.08. The molecular formula is C18H17N3O5S. The van der Waals surface area contributed by atoms with Crippen molar-refractivity contribution in [2.24, 2.45) is 0 Å². The SMILES string of the molecule is COC(=O)Nc1ccc(S(=O)(=O)NCc2ccc(-c3ccco3)nc2)cc1. The number of rotatable bonds is 6. The Bertz CT molecular complexity index is 998. The van der Waals surface area contributed by atoms with Crippen LogP contribution in [-0.2, 0) is 21.3 Å². The Morgan fingerprint density at radius 3 is 2.52 bits per heavy atom. The first-order chi connectivity index (χ1) is 13.0. The van der Waals surface area contributed by atoms with Crippen molar-refractivity contribution < 1.29 is 22.4 Å². The summed E-state index contributed by atoms with van der Waals surface area (Å²) in [4.78, 5) is 15.5. The molecule has 0 spiro atoms. The molecule has 0 aliphatic heterocycles. The minimum atomic E-state index is -3.70. The molecule has 9 heteroatoms. The van der Waals surface area contributed by atoms with Gasteiger partial charge in [-0.15, -0.1) is 0 Å². The van der Waals surface area contributed by atoms with Crippen LogP contribution in [0.3, 0.4) is 0 Å². The van der Waals surface area contributed by atoms with Crippen molar-refractivity contribution >= 4 is 21.8 Å². The van der Waals surface area contributed by atoms with Crippen LogP contribution in [0.25, 0.3) is 11.5 Å². The van der Waals surface area contributed by atoms with Gasteiger partial charge in [-0.3, -0.25) is 10.3 Å². The number of benzene rings is 1. The van der Waals surface area contributed by atoms with E-state index < -0.39 is 16.1 Å². The van der Waals surface area contributed by atoms with E-state index in [1.165, 1.54) is 31.4 Å². The number of carbonyl (C=O) groups excluding carboxylic acids is 1. The molecule has 2 aromatic heterocycles. The molecule has 3 aromatic rings. The predicted octanol–water partition coefficient (Wildman–Crippen LogP) is 3.00. The predicted molar refractivity (Wildman–Crippen MR) is 98.4 cm³/mol. The van der Waals surface area contributed by atoms with Gasteiger partial charge in [0.2, 0.25) is 10.0 Å². The summed E-state index contributed by atoms with van der Waals surface area (Å²) in [5.74, 6) is 0.641. The number of amides is 1. The van der Waals surface area contributed by atoms with E-state index in [4.69, 9.17) is 4.42 Å². The van der Waals surface area contributed by atoms with Crippen LogP contribution in [0.1, 0.15) is 5.56 Å². The maximum Gasteiger partial charge on any atom is 0.411 e. The number of carbonyl (C=O) groups is 1. The number of methoxy groups -OCH3 is 1. The summed E-state index contributed by atoms with van der Waals surface area (Å²) in [6.07, 6.45) is 2.52. The highest BCUT2D eigenvalue weighted by Gasteiger charge is 2.14. The minimum Gasteiger partial charge on any atom is -0.463 e. The first-order valence-electron chi connectivity index (χ1n) is 7.91. The molecule has 0 saturated heterocycles. The molecule has 0 saturated carbocycles. The summed E-state index contributed by atoms with van der Waals surface area (Å²) in [6.45, 7) is 0.0932. The molecule has 140 valence electrons. The Morgan fingerprint density at radius 2 is 1.93 bits per heavy atom. The van der Waals surface area contributed by atoms with E-state index in [2.05, 4.69) is 19.8 Å². The normalized spacial score (nSPS) is 11.1. The van der Waals surface area contributed by atoms with Crippen molar-refractivity contribution in [3.63, 3.8) is 0 Å². The van der Waals surface area contributed by atoms with Gasteiger partial charge in [0.25, 0.3) is 0 Å². The lowest BCUT2D eigenvalue weighted by Crippen LogP contribution is -2.23. The van der Waals surface area contributed by atoms with Gasteiger partial charge in [-0.25, -0.2) is 17.9 Å². The van der Waals surface area contributed by atoms with Crippen LogP contribution in [-0.4, -0.2) is 26.6 Å². The zero-order valence-corrected chi connectivity index (χ0v) is 15.2. The lowest BCUT2D eigenvalue weighted by atomic mass is 10.2. The van der Waals surface area contributed by atoms with E-state index in [1.54, 1.807) is 36.7 Å². The molecule has 3 rings (SSSR count). The summed E-state index contributed by atoms with van der Waals surface area (Å²) in [5, 5.41) is 2.45. The fourth-order valence-corrected chi connectivity index (χ4v) is 3.26. The average molecular weight is 387 g/mol. The molecular weight excluding hydrogens is 370 g/mol. The Morgan fingerprint density at radius 1 is 1.15 bits per heavy atom. The number of hydrogen-bond acceptors (Lipinski definition) is 6. The molecule has 2 heterocycles. The van der Waals surface area contributed by atoms with E-state index in [-0.39, 0.29) is 11.4 Å². The number of nitrogens with one attached hydrogen (secondary N) is 2. The van der Waals surface area contributed by atoms with Gasteiger partial charge in [0.05, 0.1) is 18.3 Å². The number of pyridine rings is 1. The first kappa shape index (κ1) is 18.6. The Labute approximate surface area is 156 Å². The number of furan rings is 1. The summed E-state index contributed by atoms with van der Waals surface area (Å²) < 4.78 is 37.0. The lowest BCUT2D eigenvalue weighted by molar-refractivity contribution is 0.187. The third kappa shape index (κ3) is 4.72. The van der Waals surface area contributed by atoms with Crippen molar-refractivity contribution in [1.82, 2.24) is 9.71 Å². The molecule has 1 aromatic carbocycles. The second-order valence-electron chi connectivity index (χ2n) is 5.49. The highest BCUT2D eigenvalue weighted by atomic mass is 32.2. The molecule has 0 aliphatic carbocycles. The van der Waals surface area contributed by atoms with Crippen molar-refractivity contribution in [2.75, 3.05) is 12.4 Å². The fraction of sp³-hybridized carbons (Fsp3) is 0.111. The molecule has 0 unspecified atom stereocenters. The Hall–Kier alpha value is -3.17. The zero-order valence-electron chi connectivity index (χ0n) is 14.4. The summed E-state index contributed by atoms with van der Waals surface area (Å²) in [6, 6.07) is 12.8. The number of ether oxygens (including phenoxy) is 1. The van der Waals surface area contributed by atoms with Gasteiger partial charge in [0, 0.05) is 18.4 Å². The Kier molecular flexibility index (Phi) is 5.53. The van der Waals surface area contributed by atoms with Gasteiger partial charge < -0.3 is 9.15 Å². The maximum absolute atomic E-state index is 12.4. The zero-order chi connectivity index (χ0) is 19.3. The molecule has 0 bridgehead atoms. The number of hydrogen-bond donors (Lipinski definition) is 2. The van der Waals surface area contributed by atoms with Gasteiger partial charge >= 0.3 is 6.09 Å². The monoisotopic (exact) mass is 387 g/mol. The highest BCUT2D eigenvalue weighted by Crippen LogP contribution is 2.18. The maximum atomic E-state index is 12.4. The molecule has 8 nitrogen and oxygen atoms in total. The highest BCUT2D eigenvalue weighted by molar-refractivity contribution is 7.89. The van der Waals surface area contributed by atoms with Crippen molar-refractivity contribution in [3.05, 3.63) is 66.6 Å². The fourth-order valence-electron chi connectivity index (χ4n) is 2.25. The average Bonchev–Trinajstić information content (AvgIpc) is 3.22. The van der Waals surface area contributed by atoms with Crippen molar-refractivity contribution in [3.8, 4) is 11.5 Å². The van der Waals surface area contributed by atoms with Crippen LogP contribution in [0, 0.1) is 0 Å². The number of anilines is 1. The molecule has 27 heavy (non-hydrogen) atoms. The summed E-state index contributed by atoms with van der Waals surface area (Å²) in [5.41, 5.74) is 1.80. The largest absolute Gasteiger partial charge is 0.463 e. The van der Waals surface area contributed by atoms with Gasteiger partial charge in [-0.05, 0) is 48.0 Å². The number of sulfonamides is 1. The summed E-state index contributed by atoms with van der Waals surface area (Å²) >= 11 is 0. The van der Waals surface area contributed by atoms with Crippen LogP contribution in [0.4, 0.5) is 10.5 Å². The lowest BCUT2D eigenvalue weighted by Gasteiger charge is -2.08. The van der Waals surface area contributed by atoms with Crippen LogP contribution in [0.2, 0.25) is 0 Å². The third-order valence-electron chi connectivity index (χ3n) is 3.66. The van der Waals surface area contributed by atoms with Crippen LogP contribution >= 0.6 is 0 Å². The van der Waals surface area contributed by atoms with Crippen LogP contribution in [0.15, 0.2) is 70.3 Å². The standard InChI is InChI=1S/C18H17N3O5S/c1-25-18(22)21-14-5-7-15(8-6-14)27(23,24)20-12-13-4-9-16(19-11-13)17-3-2-10-26-17/h2-11,20H,12H2,1H3,(H,21,22). The molecule has 0 aliphatic rings. The van der Waals surface area contributed by atoms with Crippen LogP contribution < -0.4 is 10.0 Å². The topological polar surface area (TPSA) is 111 Å². The van der Waals surface area contributed by atoms with Gasteiger partial charge in [-0.2, -0.15) is 0 Å². The molecule has 2 N–H and O–H groups in total. The van der Waals surface area contributed by atoms with E-state index in [9.17, 15) is 13.2 Å². The van der Waals surface area contributed by atoms with E-state index >= 15 is 0 Å². The van der Waals surface area contributed by atoms with Crippen molar-refractivity contribution in [2.45, 2.75) is 11.4 Å². The number of nitrogens with zero attached hydrogens (tertiary/aromatic N) is 1. The van der Waals surface area contributed by atoms with Crippen LogP contribution in [0.5, 0.6) is 0 Å². The number of aromatic nitrogens is 1. The molecule has 1 amide bonds. The second kappa shape index (κ2) is 8.02. The first-order valence-corrected chi connectivity index (χ1v) is 9.40. The van der Waals surface area contributed by atoms with E-state index in [0.717, 1.165) is 0 Å². The van der Waals surface area contributed by atoms with Gasteiger partial charge in [0.15, 0.2) is 5.76 Å². The Balaban J connectivity index is 1.63. The quantitative estimate of drug-likeness (QED) is 0.673. The summed E-state index contributed by atoms with van der Waals surface area (Å²) in [7, 11) is -2.46. The molecule has 0 radical (unpaired) electrons. The van der Waals surface area contributed by atoms with E-state index in [1.807, 2.05) is 0 Å². The minimum absolute atomic E-state index is 0.0816. The smallest absolute Gasteiger partial charge is 0.411 e. The molecule has 0 atom stereocenters. The van der Waals surface area contributed by atoms with E-state index in [0.29, 0.717) is 22.7 Å².